The normalized spacial score (nSPS) is 20.5. The number of aliphatic carboxylic acids is 1. The highest BCUT2D eigenvalue weighted by atomic mass is 32.1. The van der Waals surface area contributed by atoms with E-state index in [0.29, 0.717) is 103 Å². The number of carbonyl (C=O) groups excluding carboxylic acids is 2. The Morgan fingerprint density at radius 1 is 0.446 bits per heavy atom. The third kappa shape index (κ3) is 16.3. The molecule has 9 fully saturated rings. The number of nitrogens with one attached hydrogen (secondary N) is 1. The standard InChI is InChI=1S/2C31H32FN7O3S.C26H26FN7S.C5H8O4/c2*1-4-23-28(36(3)30-34-27(26(11-33)43-30)19-5-7-20(32)8-6-19)24-10-21(9-18(2)39(24)35-23)37-14-31(15-37)16-38(17-31)29(41)22-12-42-13-25(22)40;1-4-20-24(32(3)25-30-23(22(11-28)35-25)17-5-7-18(27)8-6-17)21-10-19(9-16(2)34(21)31-20)33-14-26(15-33)12-29-13-26;6-4-2-9-1-3(4)5(7)8/h2*5-10,22,25,40H,4,12-17H2,1-3H3;5-10,29H,4,12-15H2,1-3H3;3-4,6H,1-2H2,(H,7,8)/t2*22-,25-;;/m10../s1. The van der Waals surface area contributed by atoms with Crippen LogP contribution in [0.4, 0.5) is 62.7 Å². The predicted octanol–water partition coefficient (Wildman–Crippen LogP) is 11.1. The van der Waals surface area contributed by atoms with Crippen LogP contribution in [-0.2, 0) is 47.9 Å². The van der Waals surface area contributed by atoms with Crippen molar-refractivity contribution in [3.63, 3.8) is 0 Å². The quantitative estimate of drug-likeness (QED) is 0.0533. The summed E-state index contributed by atoms with van der Waals surface area (Å²) in [4.78, 5) is 68.6. The van der Waals surface area contributed by atoms with E-state index in [9.17, 15) is 53.6 Å². The summed E-state index contributed by atoms with van der Waals surface area (Å²) in [5, 5.41) is 86.9. The monoisotopic (exact) mass is 1820 g/mol. The molecule has 31 nitrogen and oxygen atoms in total. The number of ether oxygens (including phenoxy) is 3. The number of fused-ring (bicyclic) bond motifs is 3. The molecule has 0 bridgehead atoms. The molecule has 674 valence electrons. The van der Waals surface area contributed by atoms with Crippen LogP contribution in [0.2, 0.25) is 0 Å². The van der Waals surface area contributed by atoms with Gasteiger partial charge in [-0.05, 0) is 149 Å². The number of halogens is 3. The second-order valence-corrected chi connectivity index (χ2v) is 38.4. The van der Waals surface area contributed by atoms with E-state index in [1.54, 1.807) is 36.4 Å². The lowest BCUT2D eigenvalue weighted by atomic mass is 9.72. The molecule has 0 radical (unpaired) electrons. The Labute approximate surface area is 759 Å². The molecule has 3 spiro atoms. The average Bonchev–Trinajstić information content (AvgIpc) is 1.06. The van der Waals surface area contributed by atoms with Gasteiger partial charge in [0.2, 0.25) is 11.8 Å². The van der Waals surface area contributed by atoms with E-state index in [0.717, 1.165) is 156 Å². The molecule has 130 heavy (non-hydrogen) atoms. The highest BCUT2D eigenvalue weighted by Gasteiger charge is 2.57. The lowest BCUT2D eigenvalue weighted by Crippen LogP contribution is -2.73. The molecule has 3 aromatic carbocycles. The molecule has 9 aliphatic heterocycles. The average molecular weight is 1820 g/mol. The minimum absolute atomic E-state index is 0.00491. The maximum atomic E-state index is 13.5. The van der Waals surface area contributed by atoms with Gasteiger partial charge in [-0.2, -0.15) is 31.1 Å². The highest BCUT2D eigenvalue weighted by molar-refractivity contribution is 7.17. The molecule has 37 heteroatoms. The molecular weight excluding hydrogens is 1720 g/mol. The van der Waals surface area contributed by atoms with Crippen molar-refractivity contribution in [3.05, 3.63) is 175 Å². The van der Waals surface area contributed by atoms with Gasteiger partial charge in [-0.15, -0.1) is 0 Å². The van der Waals surface area contributed by atoms with Crippen LogP contribution in [0.1, 0.15) is 69.6 Å². The van der Waals surface area contributed by atoms with Crippen LogP contribution >= 0.6 is 34.0 Å². The van der Waals surface area contributed by atoms with Crippen LogP contribution in [0.3, 0.4) is 0 Å². The molecule has 9 aliphatic rings. The van der Waals surface area contributed by atoms with Gasteiger partial charge in [0.25, 0.3) is 0 Å². The first-order chi connectivity index (χ1) is 62.5. The summed E-state index contributed by atoms with van der Waals surface area (Å²) in [5.41, 5.74) is 19.5. The van der Waals surface area contributed by atoms with Crippen molar-refractivity contribution in [2.45, 2.75) is 79.1 Å². The third-order valence-corrected chi connectivity index (χ3v) is 29.4. The largest absolute Gasteiger partial charge is 0.481 e. The molecule has 2 amide bonds. The Bertz CT molecular complexity index is 6230. The number of aromatic nitrogens is 9. The topological polar surface area (TPSA) is 360 Å². The number of hydrogen-bond acceptors (Lipinski definition) is 28. The van der Waals surface area contributed by atoms with Gasteiger partial charge in [-0.25, -0.2) is 41.7 Å². The van der Waals surface area contributed by atoms with E-state index in [-0.39, 0.29) is 66.5 Å². The molecule has 18 heterocycles. The number of pyridine rings is 3. The van der Waals surface area contributed by atoms with Gasteiger partial charge in [0.15, 0.2) is 15.4 Å². The number of rotatable bonds is 18. The summed E-state index contributed by atoms with van der Waals surface area (Å²) in [5.74, 6) is -3.60. The summed E-state index contributed by atoms with van der Waals surface area (Å²) < 4.78 is 61.7. The zero-order valence-corrected chi connectivity index (χ0v) is 75.7. The highest BCUT2D eigenvalue weighted by Crippen LogP contribution is 2.50. The number of nitriles is 3. The van der Waals surface area contributed by atoms with E-state index in [2.05, 4.69) is 102 Å². The number of benzene rings is 3. The first-order valence-corrected chi connectivity index (χ1v) is 45.8. The van der Waals surface area contributed by atoms with E-state index in [1.165, 1.54) is 76.1 Å². The van der Waals surface area contributed by atoms with Crippen LogP contribution in [-0.4, -0.2) is 249 Å². The van der Waals surface area contributed by atoms with Crippen LogP contribution in [0.5, 0.6) is 0 Å². The van der Waals surface area contributed by atoms with E-state index in [1.807, 2.05) is 73.0 Å². The molecular formula is C93H98F3N21O10S3. The smallest absolute Gasteiger partial charge is 0.311 e. The van der Waals surface area contributed by atoms with E-state index in [4.69, 9.17) is 54.7 Å². The van der Waals surface area contributed by atoms with E-state index >= 15 is 0 Å². The Morgan fingerprint density at radius 2 is 0.731 bits per heavy atom. The van der Waals surface area contributed by atoms with Gasteiger partial charge < -0.3 is 79.2 Å². The molecule has 2 unspecified atom stereocenters. The fraction of sp³-hybridized carbons (Fsp3) is 0.419. The number of hydrogen-bond donors (Lipinski definition) is 5. The van der Waals surface area contributed by atoms with Crippen molar-refractivity contribution in [1.29, 1.82) is 15.8 Å². The van der Waals surface area contributed by atoms with Crippen LogP contribution in [0, 0.1) is 106 Å². The van der Waals surface area contributed by atoms with Gasteiger partial charge in [0.1, 0.15) is 73.3 Å². The molecule has 9 aromatic heterocycles. The summed E-state index contributed by atoms with van der Waals surface area (Å²) in [6.07, 6.45) is -0.0295. The number of carboxylic acids is 1. The number of aryl methyl sites for hydroxylation is 6. The van der Waals surface area contributed by atoms with Gasteiger partial charge in [-0.1, -0.05) is 54.8 Å². The molecule has 0 aliphatic carbocycles. The number of carboxylic acid groups (broad SMARTS) is 1. The van der Waals surface area contributed by atoms with Gasteiger partial charge in [0, 0.05) is 167 Å². The zero-order chi connectivity index (χ0) is 91.3. The number of amides is 2. The number of nitrogens with zero attached hydrogens (tertiary/aromatic N) is 20. The second-order valence-electron chi connectivity index (χ2n) is 35.5. The van der Waals surface area contributed by atoms with Crippen LogP contribution in [0.25, 0.3) is 50.3 Å². The first-order valence-electron chi connectivity index (χ1n) is 43.3. The van der Waals surface area contributed by atoms with Crippen molar-refractivity contribution in [2.24, 2.45) is 34.0 Å². The minimum Gasteiger partial charge on any atom is -0.481 e. The summed E-state index contributed by atoms with van der Waals surface area (Å²) >= 11 is 3.94. The van der Waals surface area contributed by atoms with Gasteiger partial charge in [0.05, 0.1) is 120 Å². The maximum absolute atomic E-state index is 13.5. The molecule has 12 aromatic rings. The Morgan fingerprint density at radius 3 is 0.969 bits per heavy atom. The van der Waals surface area contributed by atoms with Crippen LogP contribution in [0.15, 0.2) is 109 Å². The van der Waals surface area contributed by atoms with Gasteiger partial charge >= 0.3 is 5.97 Å². The number of aliphatic hydroxyl groups excluding tert-OH is 3. The molecule has 5 N–H and O–H groups in total. The van der Waals surface area contributed by atoms with Crippen LogP contribution < -0.4 is 34.7 Å². The number of thiazole rings is 3. The fourth-order valence-electron chi connectivity index (χ4n) is 19.2. The summed E-state index contributed by atoms with van der Waals surface area (Å²) in [7, 11) is 5.86. The third-order valence-electron chi connectivity index (χ3n) is 26.3. The van der Waals surface area contributed by atoms with Gasteiger partial charge in [-0.3, -0.25) is 14.4 Å². The number of likely N-dealkylation sites (tertiary alicyclic amines) is 2. The minimum atomic E-state index is -0.986. The number of anilines is 9. The molecule has 9 saturated heterocycles. The maximum Gasteiger partial charge on any atom is 0.311 e. The number of carbonyl (C=O) groups is 3. The first kappa shape index (κ1) is 88.5. The Balaban J connectivity index is 0.000000125. The lowest BCUT2D eigenvalue weighted by Gasteiger charge is -2.61. The van der Waals surface area contributed by atoms with Crippen molar-refractivity contribution in [1.82, 2.24) is 58.9 Å². The fourth-order valence-corrected chi connectivity index (χ4v) is 21.8. The summed E-state index contributed by atoms with van der Waals surface area (Å²) in [6, 6.07) is 38.0. The lowest BCUT2D eigenvalue weighted by molar-refractivity contribution is -0.152. The van der Waals surface area contributed by atoms with Crippen molar-refractivity contribution < 1.29 is 62.2 Å². The number of aliphatic hydroxyl groups is 3. The summed E-state index contributed by atoms with van der Waals surface area (Å²) in [6.45, 7) is 24.4. The zero-order valence-electron chi connectivity index (χ0n) is 73.2. The molecule has 6 atom stereocenters. The van der Waals surface area contributed by atoms with E-state index < -0.39 is 42.0 Å². The Kier molecular flexibility index (Phi) is 24.0. The molecule has 0 saturated carbocycles. The van der Waals surface area contributed by atoms with Crippen molar-refractivity contribution in [2.75, 3.05) is 169 Å². The second kappa shape index (κ2) is 35.3. The van der Waals surface area contributed by atoms with Crippen molar-refractivity contribution >= 4 is 118 Å². The van der Waals surface area contributed by atoms with Crippen molar-refractivity contribution in [3.8, 4) is 52.0 Å². The predicted molar refractivity (Wildman–Crippen MR) is 487 cm³/mol. The Hall–Kier alpha value is -12.2. The molecule has 21 rings (SSSR count). The SMILES string of the molecule is CCc1nn2c(C)cc(N3CC4(CN(C(=O)[C@@H]5COC[C@H]5O)C4)C3)cc2c1N(C)c1nc(-c2ccc(F)cc2)c(C#N)s1.CCc1nn2c(C)cc(N3CC4(CN(C(=O)[C@H]5COC[C@@H]5O)C4)C3)cc2c1N(C)c1nc(-c2ccc(F)cc2)c(C#N)s1.CCc1nn2c(C)cc(N3CC4(CNC4)C3)cc2c1N(C)c1nc(-c2ccc(F)cc2)c(C#N)s1.O=C(O)C1COCC1O.